The Morgan fingerprint density at radius 3 is 2.41 bits per heavy atom. The fourth-order valence-corrected chi connectivity index (χ4v) is 1.36. The highest BCUT2D eigenvalue weighted by Crippen LogP contribution is 2.26. The van der Waals surface area contributed by atoms with E-state index in [4.69, 9.17) is 5.11 Å². The lowest BCUT2D eigenvalue weighted by atomic mass is 10.1. The van der Waals surface area contributed by atoms with Crippen molar-refractivity contribution in [2.24, 2.45) is 0 Å². The van der Waals surface area contributed by atoms with Crippen molar-refractivity contribution in [3.8, 4) is 0 Å². The van der Waals surface area contributed by atoms with E-state index in [0.717, 1.165) is 12.1 Å². The summed E-state index contributed by atoms with van der Waals surface area (Å²) in [6.07, 6.45) is 0. The number of anilines is 1. The number of aryl methyl sites for hydroxylation is 1. The van der Waals surface area contributed by atoms with Gasteiger partial charge in [0.15, 0.2) is 0 Å². The topological polar surface area (TPSA) is 110 Å². The molecule has 0 aliphatic carbocycles. The van der Waals surface area contributed by atoms with Gasteiger partial charge in [0.05, 0.1) is 16.2 Å². The number of carbonyl (C=O) groups is 2. The number of carboxylic acids is 1. The van der Waals surface area contributed by atoms with E-state index in [1.54, 1.807) is 0 Å². The predicted octanol–water partition coefficient (Wildman–Crippen LogP) is 1.56. The van der Waals surface area contributed by atoms with E-state index >= 15 is 0 Å². The second-order valence-corrected chi connectivity index (χ2v) is 3.43. The first-order chi connectivity index (χ1) is 7.82. The molecule has 7 nitrogen and oxygen atoms in total. The van der Waals surface area contributed by atoms with E-state index in [9.17, 15) is 19.7 Å². The van der Waals surface area contributed by atoms with E-state index in [1.165, 1.54) is 13.8 Å². The number of nitrogens with one attached hydrogen (secondary N) is 1. The Hall–Kier alpha value is -2.44. The van der Waals surface area contributed by atoms with Gasteiger partial charge in [-0.05, 0) is 13.0 Å². The van der Waals surface area contributed by atoms with Crippen LogP contribution in [0, 0.1) is 17.0 Å². The number of nitrogens with zero attached hydrogens (tertiary/aromatic N) is 1. The maximum Gasteiger partial charge on any atom is 0.337 e. The van der Waals surface area contributed by atoms with Gasteiger partial charge in [-0.3, -0.25) is 14.9 Å². The number of hydrogen-bond acceptors (Lipinski definition) is 4. The van der Waals surface area contributed by atoms with E-state index in [2.05, 4.69) is 5.32 Å². The van der Waals surface area contributed by atoms with Gasteiger partial charge in [0.25, 0.3) is 5.69 Å². The lowest BCUT2D eigenvalue weighted by Gasteiger charge is -2.08. The summed E-state index contributed by atoms with van der Waals surface area (Å²) in [4.78, 5) is 31.8. The van der Waals surface area contributed by atoms with E-state index in [-0.39, 0.29) is 22.5 Å². The molecule has 2 N–H and O–H groups in total. The summed E-state index contributed by atoms with van der Waals surface area (Å²) in [5.41, 5.74) is -0.272. The Kier molecular flexibility index (Phi) is 3.42. The zero-order valence-corrected chi connectivity index (χ0v) is 9.18. The molecule has 7 heteroatoms. The standard InChI is InChI=1S/C10H10N2O5/c1-5-3-7(10(14)15)8(11-6(2)13)4-9(5)12(16)17/h3-4H,1-2H3,(H,11,13)(H,14,15). The van der Waals surface area contributed by atoms with Crippen molar-refractivity contribution in [1.29, 1.82) is 0 Å². The number of carboxylic acid groups (broad SMARTS) is 1. The number of aromatic carboxylic acids is 1. The quantitative estimate of drug-likeness (QED) is 0.613. The molecule has 0 spiro atoms. The van der Waals surface area contributed by atoms with Crippen LogP contribution in [0.4, 0.5) is 11.4 Å². The molecule has 0 aliphatic rings. The summed E-state index contributed by atoms with van der Waals surface area (Å²) >= 11 is 0. The van der Waals surface area contributed by atoms with Gasteiger partial charge in [0.1, 0.15) is 0 Å². The maximum atomic E-state index is 10.9. The summed E-state index contributed by atoms with van der Waals surface area (Å²) in [5, 5.41) is 21.9. The van der Waals surface area contributed by atoms with Crippen molar-refractivity contribution in [1.82, 2.24) is 0 Å². The molecule has 1 amide bonds. The monoisotopic (exact) mass is 238 g/mol. The molecule has 0 fully saturated rings. The van der Waals surface area contributed by atoms with Crippen LogP contribution in [-0.4, -0.2) is 21.9 Å². The van der Waals surface area contributed by atoms with Gasteiger partial charge in [-0.25, -0.2) is 4.79 Å². The molecular formula is C10H10N2O5. The van der Waals surface area contributed by atoms with Crippen molar-refractivity contribution in [3.05, 3.63) is 33.4 Å². The van der Waals surface area contributed by atoms with Gasteiger partial charge in [-0.2, -0.15) is 0 Å². The zero-order valence-electron chi connectivity index (χ0n) is 9.18. The lowest BCUT2D eigenvalue weighted by molar-refractivity contribution is -0.385. The molecule has 0 saturated heterocycles. The second kappa shape index (κ2) is 4.60. The van der Waals surface area contributed by atoms with Crippen LogP contribution in [0.2, 0.25) is 0 Å². The molecule has 90 valence electrons. The Morgan fingerprint density at radius 1 is 1.41 bits per heavy atom. The van der Waals surface area contributed by atoms with E-state index in [0.29, 0.717) is 0 Å². The van der Waals surface area contributed by atoms with Crippen molar-refractivity contribution in [2.75, 3.05) is 5.32 Å². The molecule has 1 aromatic carbocycles. The molecule has 17 heavy (non-hydrogen) atoms. The van der Waals surface area contributed by atoms with Gasteiger partial charge in [0.2, 0.25) is 5.91 Å². The van der Waals surface area contributed by atoms with Crippen LogP contribution in [0.3, 0.4) is 0 Å². The van der Waals surface area contributed by atoms with Gasteiger partial charge < -0.3 is 10.4 Å². The highest BCUT2D eigenvalue weighted by atomic mass is 16.6. The molecule has 0 radical (unpaired) electrons. The van der Waals surface area contributed by atoms with Crippen molar-refractivity contribution in [3.63, 3.8) is 0 Å². The zero-order chi connectivity index (χ0) is 13.2. The minimum absolute atomic E-state index is 0.0812. The Labute approximate surface area is 96.2 Å². The molecule has 1 aromatic rings. The molecule has 1 rings (SSSR count). The highest BCUT2D eigenvalue weighted by Gasteiger charge is 2.19. The Balaban J connectivity index is 3.41. The predicted molar refractivity (Wildman–Crippen MR) is 59.1 cm³/mol. The number of nitro groups is 1. The molecule has 0 atom stereocenters. The number of benzene rings is 1. The van der Waals surface area contributed by atoms with Gasteiger partial charge in [0, 0.05) is 18.6 Å². The fraction of sp³-hybridized carbons (Fsp3) is 0.200. The summed E-state index contributed by atoms with van der Waals surface area (Å²) in [6.45, 7) is 2.62. The van der Waals surface area contributed by atoms with Crippen molar-refractivity contribution in [2.45, 2.75) is 13.8 Å². The molecule has 0 heterocycles. The summed E-state index contributed by atoms with van der Waals surface area (Å²) in [5.74, 6) is -1.75. The fourth-order valence-electron chi connectivity index (χ4n) is 1.36. The summed E-state index contributed by atoms with van der Waals surface area (Å²) in [7, 11) is 0. The van der Waals surface area contributed by atoms with Crippen LogP contribution in [-0.2, 0) is 4.79 Å². The minimum Gasteiger partial charge on any atom is -0.478 e. The lowest BCUT2D eigenvalue weighted by Crippen LogP contribution is -2.11. The van der Waals surface area contributed by atoms with E-state index in [1.807, 2.05) is 0 Å². The SMILES string of the molecule is CC(=O)Nc1cc([N+](=O)[O-])c(C)cc1C(=O)O. The first kappa shape index (κ1) is 12.6. The van der Waals surface area contributed by atoms with Crippen molar-refractivity contribution < 1.29 is 19.6 Å². The van der Waals surface area contributed by atoms with E-state index < -0.39 is 16.8 Å². The Morgan fingerprint density at radius 2 is 2.00 bits per heavy atom. The smallest absolute Gasteiger partial charge is 0.337 e. The van der Waals surface area contributed by atoms with Gasteiger partial charge in [-0.15, -0.1) is 0 Å². The van der Waals surface area contributed by atoms with Crippen LogP contribution in [0.15, 0.2) is 12.1 Å². The van der Waals surface area contributed by atoms with Crippen LogP contribution in [0.1, 0.15) is 22.8 Å². The number of nitro benzene ring substituents is 1. The molecule has 0 bridgehead atoms. The Bertz CT molecular complexity index is 510. The molecule has 0 aliphatic heterocycles. The molecular weight excluding hydrogens is 228 g/mol. The normalized spacial score (nSPS) is 9.76. The number of carbonyl (C=O) groups excluding carboxylic acids is 1. The van der Waals surface area contributed by atoms with Crippen molar-refractivity contribution >= 4 is 23.3 Å². The first-order valence-electron chi connectivity index (χ1n) is 4.63. The number of hydrogen-bond donors (Lipinski definition) is 2. The molecule has 0 unspecified atom stereocenters. The third-order valence-electron chi connectivity index (χ3n) is 2.07. The van der Waals surface area contributed by atoms with Gasteiger partial charge >= 0.3 is 5.97 Å². The number of amides is 1. The minimum atomic E-state index is -1.26. The van der Waals surface area contributed by atoms with Crippen LogP contribution in [0.5, 0.6) is 0 Å². The van der Waals surface area contributed by atoms with Crippen LogP contribution >= 0.6 is 0 Å². The highest BCUT2D eigenvalue weighted by molar-refractivity contribution is 6.00. The largest absolute Gasteiger partial charge is 0.478 e. The second-order valence-electron chi connectivity index (χ2n) is 3.43. The third-order valence-corrected chi connectivity index (χ3v) is 2.07. The van der Waals surface area contributed by atoms with Crippen LogP contribution < -0.4 is 5.32 Å². The number of rotatable bonds is 3. The maximum absolute atomic E-state index is 10.9. The molecule has 0 aromatic heterocycles. The summed E-state index contributed by atoms with van der Waals surface area (Å²) in [6, 6.07) is 2.20. The third kappa shape index (κ3) is 2.77. The molecule has 0 saturated carbocycles. The average Bonchev–Trinajstić information content (AvgIpc) is 2.18. The average molecular weight is 238 g/mol. The summed E-state index contributed by atoms with van der Waals surface area (Å²) < 4.78 is 0. The first-order valence-corrected chi connectivity index (χ1v) is 4.63. The van der Waals surface area contributed by atoms with Crippen LogP contribution in [0.25, 0.3) is 0 Å². The van der Waals surface area contributed by atoms with Gasteiger partial charge in [-0.1, -0.05) is 0 Å².